The second-order valence-electron chi connectivity index (χ2n) is 6.36. The summed E-state index contributed by atoms with van der Waals surface area (Å²) in [5.41, 5.74) is 1.77. The van der Waals surface area contributed by atoms with E-state index >= 15 is 0 Å². The Kier molecular flexibility index (Phi) is 5.62. The normalized spacial score (nSPS) is 13.6. The second-order valence-corrected chi connectivity index (χ2v) is 8.45. The molecule has 28 heavy (non-hydrogen) atoms. The molecule has 0 unspecified atom stereocenters. The van der Waals surface area contributed by atoms with Crippen molar-refractivity contribution in [2.75, 3.05) is 23.3 Å². The number of aryl methyl sites for hydroxylation is 1. The minimum Gasteiger partial charge on any atom is -0.465 e. The predicted octanol–water partition coefficient (Wildman–Crippen LogP) is 3.23. The number of rotatable bonds is 4. The van der Waals surface area contributed by atoms with Crippen LogP contribution in [0.4, 0.5) is 11.4 Å². The summed E-state index contributed by atoms with van der Waals surface area (Å²) in [6.07, 6.45) is 1.44. The summed E-state index contributed by atoms with van der Waals surface area (Å²) in [4.78, 5) is 25.2. The lowest BCUT2D eigenvalue weighted by atomic mass is 10.0. The molecule has 0 bridgehead atoms. The second kappa shape index (κ2) is 7.81. The first-order valence-corrected chi connectivity index (χ1v) is 10.4. The Morgan fingerprint density at radius 1 is 1.18 bits per heavy atom. The number of ether oxygens (including phenoxy) is 1. The van der Waals surface area contributed by atoms with E-state index < -0.39 is 16.0 Å². The smallest absolute Gasteiger partial charge is 0.337 e. The third-order valence-corrected chi connectivity index (χ3v) is 6.18. The van der Waals surface area contributed by atoms with Gasteiger partial charge < -0.3 is 9.64 Å². The molecule has 9 heteroatoms. The van der Waals surface area contributed by atoms with Crippen molar-refractivity contribution < 1.29 is 22.7 Å². The van der Waals surface area contributed by atoms with Crippen LogP contribution in [0.25, 0.3) is 0 Å². The van der Waals surface area contributed by atoms with Crippen LogP contribution in [0, 0.1) is 0 Å². The van der Waals surface area contributed by atoms with Gasteiger partial charge in [0, 0.05) is 19.2 Å². The molecule has 7 nitrogen and oxygen atoms in total. The Morgan fingerprint density at radius 2 is 1.93 bits per heavy atom. The Labute approximate surface area is 168 Å². The molecule has 0 radical (unpaired) electrons. The van der Waals surface area contributed by atoms with E-state index in [2.05, 4.69) is 9.46 Å². The number of sulfonamides is 1. The quantitative estimate of drug-likeness (QED) is 0.763. The van der Waals surface area contributed by atoms with E-state index in [4.69, 9.17) is 11.6 Å². The molecule has 1 N–H and O–H groups in total. The first-order valence-electron chi connectivity index (χ1n) is 8.54. The lowest BCUT2D eigenvalue weighted by Gasteiger charge is -2.28. The molecule has 2 aromatic carbocycles. The minimum absolute atomic E-state index is 0.0520. The average molecular weight is 423 g/mol. The number of benzene rings is 2. The largest absolute Gasteiger partial charge is 0.465 e. The highest BCUT2D eigenvalue weighted by atomic mass is 35.5. The van der Waals surface area contributed by atoms with Crippen molar-refractivity contribution >= 4 is 44.9 Å². The van der Waals surface area contributed by atoms with Crippen LogP contribution in [0.2, 0.25) is 5.02 Å². The zero-order valence-electron chi connectivity index (χ0n) is 15.4. The molecule has 0 atom stereocenters. The summed E-state index contributed by atoms with van der Waals surface area (Å²) in [6.45, 7) is 2.10. The van der Waals surface area contributed by atoms with E-state index in [9.17, 15) is 18.0 Å². The van der Waals surface area contributed by atoms with Gasteiger partial charge in [-0.2, -0.15) is 0 Å². The highest BCUT2D eigenvalue weighted by Crippen LogP contribution is 2.31. The highest BCUT2D eigenvalue weighted by Gasteiger charge is 2.24. The number of esters is 1. The maximum Gasteiger partial charge on any atom is 0.337 e. The monoisotopic (exact) mass is 422 g/mol. The molecule has 0 aromatic heterocycles. The fourth-order valence-corrected chi connectivity index (χ4v) is 4.46. The summed E-state index contributed by atoms with van der Waals surface area (Å²) in [5.74, 6) is -0.684. The molecule has 0 spiro atoms. The van der Waals surface area contributed by atoms with Gasteiger partial charge in [0.1, 0.15) is 0 Å². The number of methoxy groups -OCH3 is 1. The predicted molar refractivity (Wildman–Crippen MR) is 106 cm³/mol. The molecule has 1 aliphatic heterocycles. The molecule has 2 aromatic rings. The molecule has 0 saturated carbocycles. The summed E-state index contributed by atoms with van der Waals surface area (Å²) in [6, 6.07) is 8.83. The van der Waals surface area contributed by atoms with Crippen molar-refractivity contribution in [3.8, 4) is 0 Å². The zero-order chi connectivity index (χ0) is 20.5. The van der Waals surface area contributed by atoms with Gasteiger partial charge in [0.05, 0.1) is 28.3 Å². The van der Waals surface area contributed by atoms with Crippen molar-refractivity contribution in [1.82, 2.24) is 0 Å². The molecule has 0 fully saturated rings. The number of carbonyl (C=O) groups is 2. The Bertz CT molecular complexity index is 1050. The molecular weight excluding hydrogens is 404 g/mol. The van der Waals surface area contributed by atoms with E-state index in [0.29, 0.717) is 13.0 Å². The van der Waals surface area contributed by atoms with Crippen LogP contribution in [0.5, 0.6) is 0 Å². The lowest BCUT2D eigenvalue weighted by molar-refractivity contribution is -0.116. The van der Waals surface area contributed by atoms with Crippen molar-refractivity contribution in [1.29, 1.82) is 0 Å². The van der Waals surface area contributed by atoms with Crippen LogP contribution >= 0.6 is 11.6 Å². The third-order valence-electron chi connectivity index (χ3n) is 4.49. The fraction of sp³-hybridized carbons (Fsp3) is 0.263. The standard InChI is InChI=1S/C19H19ClN2O5S/c1-12(23)22-9-3-4-13-10-15(6-8-18(13)22)28(25,26)21-17-11-14(19(24)27-2)5-7-16(17)20/h5-8,10-11,21H,3-4,9H2,1-2H3. The molecule has 0 saturated heterocycles. The molecular formula is C19H19ClN2O5S. The van der Waals surface area contributed by atoms with Crippen LogP contribution in [0.15, 0.2) is 41.3 Å². The van der Waals surface area contributed by atoms with E-state index in [1.807, 2.05) is 0 Å². The summed E-state index contributed by atoms with van der Waals surface area (Å²) >= 11 is 6.08. The minimum atomic E-state index is -3.95. The van der Waals surface area contributed by atoms with Gasteiger partial charge in [-0.05, 0) is 54.8 Å². The Hall–Kier alpha value is -2.58. The highest BCUT2D eigenvalue weighted by molar-refractivity contribution is 7.92. The van der Waals surface area contributed by atoms with Gasteiger partial charge in [-0.25, -0.2) is 13.2 Å². The van der Waals surface area contributed by atoms with Crippen LogP contribution in [0.1, 0.15) is 29.3 Å². The number of nitrogens with zero attached hydrogens (tertiary/aromatic N) is 1. The van der Waals surface area contributed by atoms with E-state index in [1.54, 1.807) is 17.0 Å². The number of carbonyl (C=O) groups excluding carboxylic acids is 2. The van der Waals surface area contributed by atoms with Crippen LogP contribution in [-0.4, -0.2) is 33.9 Å². The first-order chi connectivity index (χ1) is 13.2. The SMILES string of the molecule is COC(=O)c1ccc(Cl)c(NS(=O)(=O)c2ccc3c(c2)CCCN3C(C)=O)c1. The van der Waals surface area contributed by atoms with Crippen molar-refractivity contribution in [3.05, 3.63) is 52.5 Å². The van der Waals surface area contributed by atoms with Crippen molar-refractivity contribution in [2.45, 2.75) is 24.7 Å². The maximum atomic E-state index is 12.8. The van der Waals surface area contributed by atoms with Crippen molar-refractivity contribution in [3.63, 3.8) is 0 Å². The average Bonchev–Trinajstić information content (AvgIpc) is 2.67. The molecule has 1 heterocycles. The molecule has 148 valence electrons. The van der Waals surface area contributed by atoms with Crippen molar-refractivity contribution in [2.24, 2.45) is 0 Å². The lowest BCUT2D eigenvalue weighted by Crippen LogP contribution is -2.33. The maximum absolute atomic E-state index is 12.8. The van der Waals surface area contributed by atoms with Gasteiger partial charge in [-0.3, -0.25) is 9.52 Å². The molecule has 3 rings (SSSR count). The summed E-state index contributed by atoms with van der Waals surface area (Å²) < 4.78 is 32.7. The number of nitrogens with one attached hydrogen (secondary N) is 1. The number of halogens is 1. The number of anilines is 2. The fourth-order valence-electron chi connectivity index (χ4n) is 3.12. The number of fused-ring (bicyclic) bond motifs is 1. The number of amides is 1. The van der Waals surface area contributed by atoms with Gasteiger partial charge >= 0.3 is 5.97 Å². The van der Waals surface area contributed by atoms with Gasteiger partial charge in [-0.15, -0.1) is 0 Å². The zero-order valence-corrected chi connectivity index (χ0v) is 16.9. The van der Waals surface area contributed by atoms with Gasteiger partial charge in [0.25, 0.3) is 10.0 Å². The van der Waals surface area contributed by atoms with E-state index in [-0.39, 0.29) is 27.1 Å². The van der Waals surface area contributed by atoms with Crippen LogP contribution < -0.4 is 9.62 Å². The Balaban J connectivity index is 1.94. The molecule has 0 aliphatic carbocycles. The summed E-state index contributed by atoms with van der Waals surface area (Å²) in [5, 5.41) is 0.150. The number of hydrogen-bond acceptors (Lipinski definition) is 5. The Morgan fingerprint density at radius 3 is 2.61 bits per heavy atom. The first kappa shape index (κ1) is 20.2. The third kappa shape index (κ3) is 3.98. The summed E-state index contributed by atoms with van der Waals surface area (Å²) in [7, 11) is -2.71. The van der Waals surface area contributed by atoms with E-state index in [1.165, 1.54) is 38.3 Å². The van der Waals surface area contributed by atoms with Gasteiger partial charge in [0.15, 0.2) is 0 Å². The number of hydrogen-bond donors (Lipinski definition) is 1. The van der Waals surface area contributed by atoms with Crippen LogP contribution in [-0.2, 0) is 26.0 Å². The van der Waals surface area contributed by atoms with Gasteiger partial charge in [-0.1, -0.05) is 11.6 Å². The van der Waals surface area contributed by atoms with Crippen LogP contribution in [0.3, 0.4) is 0 Å². The molecule has 1 aliphatic rings. The van der Waals surface area contributed by atoms with E-state index in [0.717, 1.165) is 17.7 Å². The van der Waals surface area contributed by atoms with Gasteiger partial charge in [0.2, 0.25) is 5.91 Å². The topological polar surface area (TPSA) is 92.8 Å². The molecule has 1 amide bonds.